The molecule has 68 valence electrons. The van der Waals surface area contributed by atoms with Crippen LogP contribution in [0.25, 0.3) is 0 Å². The van der Waals surface area contributed by atoms with Crippen molar-refractivity contribution in [3.8, 4) is 0 Å². The first kappa shape index (κ1) is 9.25. The molecule has 0 fully saturated rings. The maximum Gasteiger partial charge on any atom is 0.335 e. The molecule has 1 rings (SSSR count). The van der Waals surface area contributed by atoms with Crippen LogP contribution in [-0.2, 0) is 6.42 Å². The van der Waals surface area contributed by atoms with Crippen LogP contribution in [0.5, 0.6) is 0 Å². The summed E-state index contributed by atoms with van der Waals surface area (Å²) in [4.78, 5) is 10.5. The van der Waals surface area contributed by atoms with Crippen molar-refractivity contribution in [3.05, 3.63) is 35.4 Å². The SMILES string of the molecule is O=C(O)c1ccc(C/C=N/O)cc1. The first-order valence-corrected chi connectivity index (χ1v) is 3.72. The predicted octanol–water partition coefficient (Wildman–Crippen LogP) is 1.39. The van der Waals surface area contributed by atoms with Crippen LogP contribution in [0.1, 0.15) is 15.9 Å². The van der Waals surface area contributed by atoms with Gasteiger partial charge < -0.3 is 10.3 Å². The molecule has 0 atom stereocenters. The minimum atomic E-state index is -0.942. The fourth-order valence-electron chi connectivity index (χ4n) is 0.930. The number of rotatable bonds is 3. The third-order valence-corrected chi connectivity index (χ3v) is 1.61. The van der Waals surface area contributed by atoms with E-state index in [4.69, 9.17) is 10.3 Å². The number of hydrogen-bond donors (Lipinski definition) is 2. The Morgan fingerprint density at radius 3 is 2.46 bits per heavy atom. The number of carboxylic acids is 1. The zero-order valence-corrected chi connectivity index (χ0v) is 6.84. The van der Waals surface area contributed by atoms with E-state index in [0.29, 0.717) is 6.42 Å². The van der Waals surface area contributed by atoms with Crippen molar-refractivity contribution in [3.63, 3.8) is 0 Å². The van der Waals surface area contributed by atoms with E-state index in [1.165, 1.54) is 18.3 Å². The number of carbonyl (C=O) groups is 1. The lowest BCUT2D eigenvalue weighted by Crippen LogP contribution is -1.96. The largest absolute Gasteiger partial charge is 0.478 e. The Hall–Kier alpha value is -1.84. The minimum absolute atomic E-state index is 0.254. The predicted molar refractivity (Wildman–Crippen MR) is 47.4 cm³/mol. The lowest BCUT2D eigenvalue weighted by Gasteiger charge is -1.96. The highest BCUT2D eigenvalue weighted by Gasteiger charge is 2.00. The molecule has 0 spiro atoms. The summed E-state index contributed by atoms with van der Waals surface area (Å²) in [7, 11) is 0. The molecule has 0 saturated carbocycles. The van der Waals surface area contributed by atoms with E-state index in [2.05, 4.69) is 5.16 Å². The molecule has 0 radical (unpaired) electrons. The number of carboxylic acid groups (broad SMARTS) is 1. The Kier molecular flexibility index (Phi) is 3.03. The average molecular weight is 179 g/mol. The van der Waals surface area contributed by atoms with Gasteiger partial charge in [0.05, 0.1) is 5.56 Å². The lowest BCUT2D eigenvalue weighted by molar-refractivity contribution is 0.0697. The molecule has 4 nitrogen and oxygen atoms in total. The molecule has 0 heterocycles. The summed E-state index contributed by atoms with van der Waals surface area (Å²) in [6.45, 7) is 0. The van der Waals surface area contributed by atoms with Gasteiger partial charge >= 0.3 is 5.97 Å². The first-order chi connectivity index (χ1) is 6.24. The molecule has 4 heteroatoms. The van der Waals surface area contributed by atoms with E-state index >= 15 is 0 Å². The van der Waals surface area contributed by atoms with Gasteiger partial charge in [0.2, 0.25) is 0 Å². The smallest absolute Gasteiger partial charge is 0.335 e. The van der Waals surface area contributed by atoms with Crippen LogP contribution < -0.4 is 0 Å². The van der Waals surface area contributed by atoms with E-state index < -0.39 is 5.97 Å². The van der Waals surface area contributed by atoms with Gasteiger partial charge in [-0.05, 0) is 17.7 Å². The second kappa shape index (κ2) is 4.25. The molecule has 0 aliphatic heterocycles. The minimum Gasteiger partial charge on any atom is -0.478 e. The Labute approximate surface area is 75.1 Å². The van der Waals surface area contributed by atoms with Gasteiger partial charge in [-0.1, -0.05) is 12.1 Å². The molecule has 2 N–H and O–H groups in total. The molecule has 0 aliphatic rings. The van der Waals surface area contributed by atoms with Crippen molar-refractivity contribution in [2.24, 2.45) is 5.16 Å². The Bertz CT molecular complexity index is 316. The van der Waals surface area contributed by atoms with E-state index in [0.717, 1.165) is 5.56 Å². The summed E-state index contributed by atoms with van der Waals surface area (Å²) < 4.78 is 0. The van der Waals surface area contributed by atoms with E-state index in [-0.39, 0.29) is 5.56 Å². The first-order valence-electron chi connectivity index (χ1n) is 3.72. The van der Waals surface area contributed by atoms with Gasteiger partial charge in [0.1, 0.15) is 0 Å². The van der Waals surface area contributed by atoms with Crippen molar-refractivity contribution in [2.45, 2.75) is 6.42 Å². The van der Waals surface area contributed by atoms with Crippen LogP contribution in [0.3, 0.4) is 0 Å². The molecular weight excluding hydrogens is 170 g/mol. The molecule has 0 unspecified atom stereocenters. The summed E-state index contributed by atoms with van der Waals surface area (Å²) in [5.74, 6) is -0.942. The van der Waals surface area contributed by atoms with Crippen LogP contribution in [0.4, 0.5) is 0 Å². The normalized spacial score (nSPS) is 10.5. The summed E-state index contributed by atoms with van der Waals surface area (Å²) in [6, 6.07) is 6.40. The number of benzene rings is 1. The van der Waals surface area contributed by atoms with Crippen molar-refractivity contribution in [2.75, 3.05) is 0 Å². The maximum absolute atomic E-state index is 10.5. The highest BCUT2D eigenvalue weighted by Crippen LogP contribution is 2.04. The van der Waals surface area contributed by atoms with Crippen LogP contribution in [0.15, 0.2) is 29.4 Å². The molecule has 0 saturated heterocycles. The van der Waals surface area contributed by atoms with Crippen LogP contribution >= 0.6 is 0 Å². The standard InChI is InChI=1S/C9H9NO3/c11-9(12)8-3-1-7(2-4-8)5-6-10-13/h1-4,6,13H,5H2,(H,11,12)/b10-6+. The van der Waals surface area contributed by atoms with Gasteiger partial charge in [-0.2, -0.15) is 0 Å². The summed E-state index contributed by atoms with van der Waals surface area (Å²) in [6.07, 6.45) is 1.84. The summed E-state index contributed by atoms with van der Waals surface area (Å²) in [5.41, 5.74) is 1.16. The Balaban J connectivity index is 2.75. The highest BCUT2D eigenvalue weighted by molar-refractivity contribution is 5.87. The second-order valence-electron chi connectivity index (χ2n) is 2.50. The Morgan fingerprint density at radius 1 is 1.38 bits per heavy atom. The number of oxime groups is 1. The van der Waals surface area contributed by atoms with E-state index in [1.807, 2.05) is 0 Å². The van der Waals surface area contributed by atoms with Crippen LogP contribution in [0, 0.1) is 0 Å². The van der Waals surface area contributed by atoms with E-state index in [1.54, 1.807) is 12.1 Å². The zero-order chi connectivity index (χ0) is 9.68. The average Bonchev–Trinajstić information content (AvgIpc) is 2.15. The van der Waals surface area contributed by atoms with Crippen molar-refractivity contribution < 1.29 is 15.1 Å². The molecule has 0 aliphatic carbocycles. The zero-order valence-electron chi connectivity index (χ0n) is 6.84. The molecule has 0 bridgehead atoms. The van der Waals surface area contributed by atoms with Crippen molar-refractivity contribution in [1.29, 1.82) is 0 Å². The van der Waals surface area contributed by atoms with Crippen LogP contribution in [-0.4, -0.2) is 22.5 Å². The fourth-order valence-corrected chi connectivity index (χ4v) is 0.930. The maximum atomic E-state index is 10.5. The second-order valence-corrected chi connectivity index (χ2v) is 2.50. The Morgan fingerprint density at radius 2 is 2.00 bits per heavy atom. The highest BCUT2D eigenvalue weighted by atomic mass is 16.4. The van der Waals surface area contributed by atoms with Gasteiger partial charge in [-0.15, -0.1) is 5.16 Å². The molecule has 0 aromatic heterocycles. The number of aromatic carboxylic acids is 1. The topological polar surface area (TPSA) is 69.9 Å². The van der Waals surface area contributed by atoms with E-state index in [9.17, 15) is 4.79 Å². The number of hydrogen-bond acceptors (Lipinski definition) is 3. The van der Waals surface area contributed by atoms with Gasteiger partial charge in [0.15, 0.2) is 0 Å². The molecule has 1 aromatic rings. The fraction of sp³-hybridized carbons (Fsp3) is 0.111. The van der Waals surface area contributed by atoms with Crippen molar-refractivity contribution in [1.82, 2.24) is 0 Å². The molecule has 13 heavy (non-hydrogen) atoms. The third-order valence-electron chi connectivity index (χ3n) is 1.61. The van der Waals surface area contributed by atoms with Gasteiger partial charge in [0, 0.05) is 12.6 Å². The monoisotopic (exact) mass is 179 g/mol. The third kappa shape index (κ3) is 2.59. The molecule has 1 aromatic carbocycles. The van der Waals surface area contributed by atoms with Crippen molar-refractivity contribution >= 4 is 12.2 Å². The van der Waals surface area contributed by atoms with Gasteiger partial charge in [-0.3, -0.25) is 0 Å². The van der Waals surface area contributed by atoms with Gasteiger partial charge in [0.25, 0.3) is 0 Å². The summed E-state index contributed by atoms with van der Waals surface area (Å²) in [5, 5.41) is 19.6. The van der Waals surface area contributed by atoms with Crippen LogP contribution in [0.2, 0.25) is 0 Å². The number of nitrogens with zero attached hydrogens (tertiary/aromatic N) is 1. The van der Waals surface area contributed by atoms with Gasteiger partial charge in [-0.25, -0.2) is 4.79 Å². The molecule has 0 amide bonds. The lowest BCUT2D eigenvalue weighted by atomic mass is 10.1. The molecular formula is C9H9NO3. The summed E-state index contributed by atoms with van der Waals surface area (Å²) >= 11 is 0. The quantitative estimate of drug-likeness (QED) is 0.418.